The van der Waals surface area contributed by atoms with E-state index in [0.29, 0.717) is 25.9 Å². The van der Waals surface area contributed by atoms with E-state index in [-0.39, 0.29) is 30.3 Å². The molecule has 1 saturated heterocycles. The second-order valence-corrected chi connectivity index (χ2v) is 10.8. The van der Waals surface area contributed by atoms with Gasteiger partial charge in [-0.15, -0.1) is 0 Å². The highest BCUT2D eigenvalue weighted by atomic mass is 19.1. The van der Waals surface area contributed by atoms with Gasteiger partial charge in [0.15, 0.2) is 5.82 Å². The van der Waals surface area contributed by atoms with E-state index in [1.165, 1.54) is 34.9 Å². The van der Waals surface area contributed by atoms with Crippen LogP contribution >= 0.6 is 0 Å². The first-order valence-electron chi connectivity index (χ1n) is 13.5. The van der Waals surface area contributed by atoms with Crippen LogP contribution in [0.4, 0.5) is 10.2 Å². The molecule has 0 spiro atoms. The number of alkyl halides is 1. The van der Waals surface area contributed by atoms with Gasteiger partial charge < -0.3 is 11.1 Å². The number of hydrogen-bond acceptors (Lipinski definition) is 6. The molecule has 0 radical (unpaired) electrons. The number of nitrogens with two attached hydrogens (primary N) is 1. The summed E-state index contributed by atoms with van der Waals surface area (Å²) in [6.07, 6.45) is 7.46. The zero-order valence-corrected chi connectivity index (χ0v) is 21.8. The van der Waals surface area contributed by atoms with Crippen molar-refractivity contribution in [2.75, 3.05) is 18.4 Å². The van der Waals surface area contributed by atoms with Gasteiger partial charge in [-0.1, -0.05) is 30.3 Å². The summed E-state index contributed by atoms with van der Waals surface area (Å²) < 4.78 is 17.3. The number of anilines is 1. The zero-order valence-electron chi connectivity index (χ0n) is 21.8. The molecule has 2 heterocycles. The number of carbonyl (C=O) groups excluding carboxylic acids is 2. The van der Waals surface area contributed by atoms with Crippen LogP contribution in [0.3, 0.4) is 0 Å². The molecule has 202 valence electrons. The third-order valence-electron chi connectivity index (χ3n) is 8.24. The maximum atomic E-state index is 16.0. The Hall–Kier alpha value is -4.02. The Morgan fingerprint density at radius 2 is 2.03 bits per heavy atom. The van der Waals surface area contributed by atoms with Crippen molar-refractivity contribution in [2.45, 2.75) is 63.2 Å². The molecule has 5 rings (SSSR count). The van der Waals surface area contributed by atoms with Crippen LogP contribution in [0.15, 0.2) is 36.5 Å². The summed E-state index contributed by atoms with van der Waals surface area (Å²) in [7, 11) is 0. The third kappa shape index (κ3) is 5.43. The van der Waals surface area contributed by atoms with Gasteiger partial charge in [0, 0.05) is 25.8 Å². The van der Waals surface area contributed by atoms with Crippen LogP contribution in [0.25, 0.3) is 5.57 Å². The smallest absolute Gasteiger partial charge is 0.254 e. The van der Waals surface area contributed by atoms with E-state index in [1.807, 2.05) is 11.0 Å². The summed E-state index contributed by atoms with van der Waals surface area (Å²) >= 11 is 0. The maximum absolute atomic E-state index is 16.0. The molecule has 2 aliphatic carbocycles. The van der Waals surface area contributed by atoms with Crippen LogP contribution in [0.2, 0.25) is 0 Å². The molecule has 10 heteroatoms. The van der Waals surface area contributed by atoms with Crippen molar-refractivity contribution in [1.82, 2.24) is 14.7 Å². The van der Waals surface area contributed by atoms with E-state index in [4.69, 9.17) is 11.0 Å². The van der Waals surface area contributed by atoms with Crippen LogP contribution in [-0.4, -0.2) is 45.8 Å². The Labute approximate surface area is 227 Å². The van der Waals surface area contributed by atoms with Gasteiger partial charge in [-0.25, -0.2) is 4.39 Å². The molecule has 1 aromatic carbocycles. The topological polar surface area (TPSA) is 141 Å². The van der Waals surface area contributed by atoms with Gasteiger partial charge in [0.1, 0.15) is 17.3 Å². The number of nitriles is 2. The minimum atomic E-state index is -1.45. The van der Waals surface area contributed by atoms with E-state index in [9.17, 15) is 14.9 Å². The number of amides is 2. The van der Waals surface area contributed by atoms with Gasteiger partial charge in [-0.2, -0.15) is 15.6 Å². The summed E-state index contributed by atoms with van der Waals surface area (Å²) in [5, 5.41) is 25.5. The molecule has 3 N–H and O–H groups in total. The van der Waals surface area contributed by atoms with Gasteiger partial charge in [-0.3, -0.25) is 19.2 Å². The molecule has 4 atom stereocenters. The van der Waals surface area contributed by atoms with E-state index >= 15 is 4.39 Å². The predicted octanol–water partition coefficient (Wildman–Crippen LogP) is 3.89. The molecule has 3 aliphatic rings. The van der Waals surface area contributed by atoms with Crippen molar-refractivity contribution in [3.63, 3.8) is 0 Å². The summed E-state index contributed by atoms with van der Waals surface area (Å²) in [5.41, 5.74) is 7.89. The third-order valence-corrected chi connectivity index (χ3v) is 8.24. The number of nitrogens with zero attached hydrogens (tertiary/aromatic N) is 5. The van der Waals surface area contributed by atoms with E-state index in [2.05, 4.69) is 46.8 Å². The molecule has 1 saturated carbocycles. The van der Waals surface area contributed by atoms with Crippen molar-refractivity contribution in [1.29, 1.82) is 10.5 Å². The fourth-order valence-electron chi connectivity index (χ4n) is 5.71. The summed E-state index contributed by atoms with van der Waals surface area (Å²) in [6.45, 7) is 1.19. The van der Waals surface area contributed by atoms with Gasteiger partial charge >= 0.3 is 0 Å². The number of allylic oxidation sites excluding steroid dienone is 2. The largest absolute Gasteiger partial charge is 0.365 e. The van der Waals surface area contributed by atoms with E-state index in [1.54, 1.807) is 0 Å². The highest BCUT2D eigenvalue weighted by Gasteiger charge is 2.47. The summed E-state index contributed by atoms with van der Waals surface area (Å²) in [6, 6.07) is 12.6. The van der Waals surface area contributed by atoms with Crippen molar-refractivity contribution in [2.24, 2.45) is 17.6 Å². The minimum Gasteiger partial charge on any atom is -0.365 e. The Kier molecular flexibility index (Phi) is 7.49. The number of benzene rings is 1. The molecule has 1 aliphatic heterocycles. The highest BCUT2D eigenvalue weighted by molar-refractivity contribution is 6.03. The first kappa shape index (κ1) is 26.6. The lowest BCUT2D eigenvalue weighted by atomic mass is 9.83. The molecule has 0 bridgehead atoms. The van der Waals surface area contributed by atoms with Crippen molar-refractivity contribution in [3.8, 4) is 12.1 Å². The molecule has 2 amide bonds. The SMILES string of the molecule is N#CCC1(n2cc(C(N)=O)c(NC(=O)C3CC3C#N)n2)CCN(Cc2ccc(C3=CCCCC3)cc2)CC1F. The Bertz CT molecular complexity index is 1370. The first-order valence-corrected chi connectivity index (χ1v) is 13.5. The van der Waals surface area contributed by atoms with E-state index in [0.717, 1.165) is 18.4 Å². The van der Waals surface area contributed by atoms with Gasteiger partial charge in [0.05, 0.1) is 30.4 Å². The molecular weight excluding hydrogens is 497 g/mol. The van der Waals surface area contributed by atoms with E-state index < -0.39 is 29.4 Å². The quantitative estimate of drug-likeness (QED) is 0.532. The average molecular weight is 530 g/mol. The lowest BCUT2D eigenvalue weighted by Gasteiger charge is -2.43. The van der Waals surface area contributed by atoms with Gasteiger partial charge in [0.25, 0.3) is 5.91 Å². The number of hydrogen-bond donors (Lipinski definition) is 2. The zero-order chi connectivity index (χ0) is 27.6. The van der Waals surface area contributed by atoms with Crippen LogP contribution in [-0.2, 0) is 16.9 Å². The fourth-order valence-corrected chi connectivity index (χ4v) is 5.71. The normalized spacial score (nSPS) is 26.6. The molecule has 2 fully saturated rings. The van der Waals surface area contributed by atoms with Crippen LogP contribution in [0.1, 0.15) is 66.4 Å². The summed E-state index contributed by atoms with van der Waals surface area (Å²) in [4.78, 5) is 26.6. The molecule has 1 aromatic heterocycles. The van der Waals surface area contributed by atoms with Crippen LogP contribution in [0, 0.1) is 34.5 Å². The Morgan fingerprint density at radius 1 is 1.23 bits per heavy atom. The number of nitrogens with one attached hydrogen (secondary N) is 1. The van der Waals surface area contributed by atoms with Crippen molar-refractivity contribution >= 4 is 23.2 Å². The number of carbonyl (C=O) groups is 2. The van der Waals surface area contributed by atoms with Gasteiger partial charge in [0.2, 0.25) is 5.91 Å². The Balaban J connectivity index is 1.30. The molecule has 39 heavy (non-hydrogen) atoms. The average Bonchev–Trinajstić information content (AvgIpc) is 3.62. The second kappa shape index (κ2) is 11.0. The van der Waals surface area contributed by atoms with Crippen molar-refractivity contribution < 1.29 is 14.0 Å². The molecule has 9 nitrogen and oxygen atoms in total. The van der Waals surface area contributed by atoms with Crippen molar-refractivity contribution in [3.05, 3.63) is 53.2 Å². The fraction of sp³-hybridized carbons (Fsp3) is 0.483. The monoisotopic (exact) mass is 529 g/mol. The highest BCUT2D eigenvalue weighted by Crippen LogP contribution is 2.40. The predicted molar refractivity (Wildman–Crippen MR) is 142 cm³/mol. The number of halogens is 1. The lowest BCUT2D eigenvalue weighted by molar-refractivity contribution is -0.117. The number of piperidine rings is 1. The molecular formula is C29H32FN7O2. The number of primary amides is 1. The first-order chi connectivity index (χ1) is 18.8. The van der Waals surface area contributed by atoms with Crippen LogP contribution in [0.5, 0.6) is 0 Å². The number of rotatable bonds is 8. The Morgan fingerprint density at radius 3 is 2.64 bits per heavy atom. The minimum absolute atomic E-state index is 0.0578. The van der Waals surface area contributed by atoms with Crippen LogP contribution < -0.4 is 11.1 Å². The molecule has 2 aromatic rings. The second-order valence-electron chi connectivity index (χ2n) is 10.8. The number of aromatic nitrogens is 2. The standard InChI is InChI=1S/C29H32FN7O2/c30-25-18-36(16-19-6-8-21(9-7-19)20-4-2-1-3-5-20)13-11-29(25,10-12-31)37-17-24(26(33)38)27(35-37)34-28(39)23-14-22(23)15-32/h4,6-9,17,22-23,25H,1-3,5,10-11,13-14,16,18H2,(H2,33,38)(H,34,35,39). The lowest BCUT2D eigenvalue weighted by Crippen LogP contribution is -2.54. The summed E-state index contributed by atoms with van der Waals surface area (Å²) in [5.74, 6) is -2.16. The number of likely N-dealkylation sites (tertiary alicyclic amines) is 1. The van der Waals surface area contributed by atoms with Gasteiger partial charge in [-0.05, 0) is 55.2 Å². The maximum Gasteiger partial charge on any atom is 0.254 e. The molecule has 4 unspecified atom stereocenters.